The smallest absolute Gasteiger partial charge is 0.188 e. The van der Waals surface area contributed by atoms with Gasteiger partial charge in [-0.25, -0.2) is 24.3 Å². The first-order chi connectivity index (χ1) is 15.3. The highest BCUT2D eigenvalue weighted by atomic mass is 19.1. The summed E-state index contributed by atoms with van der Waals surface area (Å²) >= 11 is 0. The lowest BCUT2D eigenvalue weighted by Crippen LogP contribution is -2.38. The van der Waals surface area contributed by atoms with Gasteiger partial charge in [0.1, 0.15) is 24.2 Å². The second-order valence-electron chi connectivity index (χ2n) is 8.41. The molecule has 0 amide bonds. The van der Waals surface area contributed by atoms with Crippen molar-refractivity contribution in [2.45, 2.75) is 50.8 Å². The van der Waals surface area contributed by atoms with E-state index in [1.165, 1.54) is 24.8 Å². The lowest BCUT2D eigenvalue weighted by Gasteiger charge is -2.29. The molecule has 9 heteroatoms. The van der Waals surface area contributed by atoms with Gasteiger partial charge in [0.15, 0.2) is 11.6 Å². The number of nitrogens with zero attached hydrogens (tertiary/aromatic N) is 5. The molecule has 1 aromatic carbocycles. The van der Waals surface area contributed by atoms with Crippen molar-refractivity contribution in [2.24, 2.45) is 5.73 Å². The Morgan fingerprint density at radius 1 is 1.09 bits per heavy atom. The van der Waals surface area contributed by atoms with E-state index in [2.05, 4.69) is 19.9 Å². The maximum Gasteiger partial charge on any atom is 0.188 e. The molecule has 1 aliphatic carbocycles. The number of ether oxygens (including phenoxy) is 1. The van der Waals surface area contributed by atoms with Gasteiger partial charge in [-0.2, -0.15) is 0 Å². The largest absolute Gasteiger partial charge is 0.451 e. The molecule has 3 N–H and O–H groups in total. The summed E-state index contributed by atoms with van der Waals surface area (Å²) in [6.45, 7) is 4.03. The summed E-state index contributed by atoms with van der Waals surface area (Å²) in [5.41, 5.74) is 8.06. The number of aliphatic hydroxyl groups excluding tert-OH is 1. The Balaban J connectivity index is 1.73. The summed E-state index contributed by atoms with van der Waals surface area (Å²) in [5, 5.41) is 10.4. The number of aromatic nitrogens is 4. The Hall–Kier alpha value is -3.17. The predicted molar refractivity (Wildman–Crippen MR) is 119 cm³/mol. The number of anilines is 1. The topological polar surface area (TPSA) is 110 Å². The lowest BCUT2D eigenvalue weighted by molar-refractivity contribution is 0.161. The number of aliphatic hydroxyl groups is 1. The third-order valence-corrected chi connectivity index (χ3v) is 5.76. The average Bonchev–Trinajstić information content (AvgIpc) is 3.12. The number of halogens is 1. The van der Waals surface area contributed by atoms with E-state index in [1.54, 1.807) is 18.5 Å². The molecular weight excluding hydrogens is 411 g/mol. The van der Waals surface area contributed by atoms with E-state index < -0.39 is 11.9 Å². The van der Waals surface area contributed by atoms with Crippen LogP contribution in [0, 0.1) is 5.82 Å². The molecule has 1 fully saturated rings. The molecule has 0 aliphatic heterocycles. The summed E-state index contributed by atoms with van der Waals surface area (Å²) in [5.74, 6) is 1.05. The van der Waals surface area contributed by atoms with Crippen LogP contribution < -0.4 is 15.4 Å². The van der Waals surface area contributed by atoms with Gasteiger partial charge in [0, 0.05) is 30.4 Å². The van der Waals surface area contributed by atoms with Gasteiger partial charge in [-0.1, -0.05) is 13.8 Å². The fraction of sp³-hybridized carbons (Fsp3) is 0.391. The normalized spacial score (nSPS) is 20.5. The van der Waals surface area contributed by atoms with Crippen molar-refractivity contribution >= 4 is 5.82 Å². The second kappa shape index (κ2) is 9.13. The fourth-order valence-electron chi connectivity index (χ4n) is 4.18. The summed E-state index contributed by atoms with van der Waals surface area (Å²) in [6.07, 6.45) is 6.73. The zero-order chi connectivity index (χ0) is 22.8. The first kappa shape index (κ1) is 22.0. The maximum absolute atomic E-state index is 14.2. The van der Waals surface area contributed by atoms with E-state index >= 15 is 0 Å². The standard InChI is InChI=1S/C23H27FN6O2/c1-13(2)22-17(9-26-11-28-22)16-6-14(24)4-5-20(16)32-21-10-27-12-29-23(21)30(3)18-7-15(25)8-19(18)31/h4-6,9-13,15,18-19,31H,7-8,25H2,1-3H3. The molecule has 0 spiro atoms. The van der Waals surface area contributed by atoms with Gasteiger partial charge in [-0.05, 0) is 37.0 Å². The Kier molecular flexibility index (Phi) is 6.29. The van der Waals surface area contributed by atoms with Gasteiger partial charge >= 0.3 is 0 Å². The van der Waals surface area contributed by atoms with E-state index in [9.17, 15) is 9.50 Å². The molecule has 2 aromatic heterocycles. The minimum atomic E-state index is -0.561. The van der Waals surface area contributed by atoms with Crippen LogP contribution in [-0.4, -0.2) is 50.3 Å². The average molecular weight is 439 g/mol. The van der Waals surface area contributed by atoms with Gasteiger partial charge in [0.25, 0.3) is 0 Å². The van der Waals surface area contributed by atoms with Crippen LogP contribution in [0.4, 0.5) is 10.2 Å². The number of nitrogens with two attached hydrogens (primary N) is 1. The van der Waals surface area contributed by atoms with Gasteiger partial charge in [-0.15, -0.1) is 0 Å². The van der Waals surface area contributed by atoms with E-state index in [0.29, 0.717) is 41.3 Å². The SMILES string of the molecule is CC(C)c1ncncc1-c1cc(F)ccc1Oc1cncnc1N(C)C1CC(N)CC1O. The first-order valence-corrected chi connectivity index (χ1v) is 10.6. The highest BCUT2D eigenvalue weighted by Crippen LogP contribution is 2.39. The minimum Gasteiger partial charge on any atom is -0.451 e. The van der Waals surface area contributed by atoms with Crippen LogP contribution in [-0.2, 0) is 0 Å². The zero-order valence-electron chi connectivity index (χ0n) is 18.3. The van der Waals surface area contributed by atoms with Crippen molar-refractivity contribution < 1.29 is 14.2 Å². The molecule has 168 valence electrons. The quantitative estimate of drug-likeness (QED) is 0.603. The molecule has 4 rings (SSSR count). The Morgan fingerprint density at radius 2 is 1.84 bits per heavy atom. The number of hydrogen-bond donors (Lipinski definition) is 2. The number of rotatable bonds is 6. The summed E-state index contributed by atoms with van der Waals surface area (Å²) in [4.78, 5) is 18.9. The molecular formula is C23H27FN6O2. The highest BCUT2D eigenvalue weighted by Gasteiger charge is 2.35. The third-order valence-electron chi connectivity index (χ3n) is 5.76. The van der Waals surface area contributed by atoms with Gasteiger partial charge in [-0.3, -0.25) is 0 Å². The van der Waals surface area contributed by atoms with Crippen LogP contribution in [0.2, 0.25) is 0 Å². The molecule has 32 heavy (non-hydrogen) atoms. The maximum atomic E-state index is 14.2. The molecule has 1 saturated carbocycles. The molecule has 3 aromatic rings. The monoisotopic (exact) mass is 438 g/mol. The van der Waals surface area contributed by atoms with E-state index in [-0.39, 0.29) is 18.0 Å². The molecule has 2 heterocycles. The van der Waals surface area contributed by atoms with Crippen molar-refractivity contribution in [1.82, 2.24) is 19.9 Å². The minimum absolute atomic E-state index is 0.0695. The first-order valence-electron chi connectivity index (χ1n) is 10.6. The van der Waals surface area contributed by atoms with Crippen molar-refractivity contribution in [1.29, 1.82) is 0 Å². The zero-order valence-corrected chi connectivity index (χ0v) is 18.3. The molecule has 0 bridgehead atoms. The predicted octanol–water partition coefficient (Wildman–Crippen LogP) is 3.28. The highest BCUT2D eigenvalue weighted by molar-refractivity contribution is 5.73. The Morgan fingerprint density at radius 3 is 2.56 bits per heavy atom. The summed E-state index contributed by atoms with van der Waals surface area (Å²) in [6, 6.07) is 4.06. The Bertz CT molecular complexity index is 1100. The number of benzene rings is 1. The molecule has 0 radical (unpaired) electrons. The van der Waals surface area contributed by atoms with Gasteiger partial charge in [0.05, 0.1) is 24.0 Å². The lowest BCUT2D eigenvalue weighted by atomic mass is 9.98. The fourth-order valence-corrected chi connectivity index (χ4v) is 4.18. The van der Waals surface area contributed by atoms with Crippen LogP contribution in [0.1, 0.15) is 38.3 Å². The van der Waals surface area contributed by atoms with Crippen LogP contribution in [0.15, 0.2) is 43.2 Å². The second-order valence-corrected chi connectivity index (χ2v) is 8.41. The van der Waals surface area contributed by atoms with Gasteiger partial charge < -0.3 is 20.5 Å². The molecule has 0 saturated heterocycles. The van der Waals surface area contributed by atoms with Crippen molar-refractivity contribution in [3.8, 4) is 22.6 Å². The van der Waals surface area contributed by atoms with Gasteiger partial charge in [0.2, 0.25) is 0 Å². The van der Waals surface area contributed by atoms with E-state index in [0.717, 1.165) is 5.69 Å². The van der Waals surface area contributed by atoms with Crippen LogP contribution in [0.5, 0.6) is 11.5 Å². The summed E-state index contributed by atoms with van der Waals surface area (Å²) in [7, 11) is 1.84. The Labute approximate surface area is 186 Å². The molecule has 1 aliphatic rings. The summed E-state index contributed by atoms with van der Waals surface area (Å²) < 4.78 is 20.5. The number of likely N-dealkylation sites (N-methyl/N-ethyl adjacent to an activating group) is 1. The van der Waals surface area contributed by atoms with E-state index in [4.69, 9.17) is 10.5 Å². The van der Waals surface area contributed by atoms with Crippen molar-refractivity contribution in [2.75, 3.05) is 11.9 Å². The van der Waals surface area contributed by atoms with Crippen LogP contribution >= 0.6 is 0 Å². The van der Waals surface area contributed by atoms with E-state index in [1.807, 2.05) is 25.8 Å². The van der Waals surface area contributed by atoms with Crippen molar-refractivity contribution in [3.05, 3.63) is 54.8 Å². The van der Waals surface area contributed by atoms with Crippen LogP contribution in [0.25, 0.3) is 11.1 Å². The van der Waals surface area contributed by atoms with Crippen molar-refractivity contribution in [3.63, 3.8) is 0 Å². The molecule has 8 nitrogen and oxygen atoms in total. The molecule has 3 atom stereocenters. The van der Waals surface area contributed by atoms with Crippen LogP contribution in [0.3, 0.4) is 0 Å². The third kappa shape index (κ3) is 4.39. The molecule has 3 unspecified atom stereocenters. The number of hydrogen-bond acceptors (Lipinski definition) is 8.